The van der Waals surface area contributed by atoms with Crippen LogP contribution in [0.4, 0.5) is 5.82 Å². The van der Waals surface area contributed by atoms with Gasteiger partial charge in [-0.2, -0.15) is 0 Å². The van der Waals surface area contributed by atoms with Crippen molar-refractivity contribution >= 4 is 23.3 Å². The van der Waals surface area contributed by atoms with Crippen LogP contribution in [0.25, 0.3) is 0 Å². The fourth-order valence-electron chi connectivity index (χ4n) is 1.72. The molecule has 0 aliphatic heterocycles. The van der Waals surface area contributed by atoms with Crippen LogP contribution in [0.3, 0.4) is 0 Å². The van der Waals surface area contributed by atoms with Crippen LogP contribution >= 0.6 is 11.6 Å². The highest BCUT2D eigenvalue weighted by Gasteiger charge is 2.33. The number of aromatic nitrogens is 1. The van der Waals surface area contributed by atoms with E-state index in [0.29, 0.717) is 12.1 Å². The number of hydrogen-bond donors (Lipinski definition) is 2. The van der Waals surface area contributed by atoms with Crippen LogP contribution in [0, 0.1) is 0 Å². The molecule has 17 heavy (non-hydrogen) atoms. The summed E-state index contributed by atoms with van der Waals surface area (Å²) >= 11 is 5.93. The monoisotopic (exact) mass is 255 g/mol. The Morgan fingerprint density at radius 2 is 2.35 bits per heavy atom. The van der Waals surface area contributed by atoms with Crippen LogP contribution in [0.2, 0.25) is 5.02 Å². The highest BCUT2D eigenvalue weighted by atomic mass is 35.5. The molecule has 0 radical (unpaired) electrons. The van der Waals surface area contributed by atoms with Crippen LogP contribution in [0.1, 0.15) is 23.2 Å². The van der Waals surface area contributed by atoms with Crippen molar-refractivity contribution in [1.29, 1.82) is 0 Å². The molecule has 0 atom stereocenters. The van der Waals surface area contributed by atoms with E-state index in [-0.39, 0.29) is 29.4 Å². The average molecular weight is 256 g/mol. The van der Waals surface area contributed by atoms with Gasteiger partial charge in [-0.25, -0.2) is 4.98 Å². The average Bonchev–Trinajstić information content (AvgIpc) is 3.12. The lowest BCUT2D eigenvalue weighted by molar-refractivity contribution is 0.0708. The molecule has 1 fully saturated rings. The number of nitrogens with zero attached hydrogens (tertiary/aromatic N) is 2. The third-order valence-corrected chi connectivity index (χ3v) is 3.00. The zero-order chi connectivity index (χ0) is 12.4. The van der Waals surface area contributed by atoms with E-state index in [4.69, 9.17) is 22.4 Å². The van der Waals surface area contributed by atoms with E-state index in [1.807, 2.05) is 0 Å². The standard InChI is InChI=1S/C11H14ClN3O2/c12-9-6-14-10(13)5-8(9)11(17)15(3-4-16)7-1-2-7/h5-7,16H,1-4H2,(H2,13,14). The minimum Gasteiger partial charge on any atom is -0.395 e. The van der Waals surface area contributed by atoms with E-state index in [1.165, 1.54) is 12.3 Å². The van der Waals surface area contributed by atoms with E-state index in [1.54, 1.807) is 4.90 Å². The summed E-state index contributed by atoms with van der Waals surface area (Å²) in [5, 5.41) is 9.25. The number of nitrogens with two attached hydrogens (primary N) is 1. The number of pyridine rings is 1. The molecule has 6 heteroatoms. The van der Waals surface area contributed by atoms with Crippen LogP contribution in [0.5, 0.6) is 0 Å². The molecular formula is C11H14ClN3O2. The molecule has 3 N–H and O–H groups in total. The molecule has 1 aliphatic carbocycles. The van der Waals surface area contributed by atoms with E-state index in [9.17, 15) is 4.79 Å². The fraction of sp³-hybridized carbons (Fsp3) is 0.455. The zero-order valence-electron chi connectivity index (χ0n) is 9.27. The first-order chi connectivity index (χ1) is 8.13. The topological polar surface area (TPSA) is 79.5 Å². The number of amides is 1. The Hall–Kier alpha value is -1.33. The molecule has 1 aliphatic rings. The summed E-state index contributed by atoms with van der Waals surface area (Å²) in [5.74, 6) is 0.0677. The second-order valence-corrected chi connectivity index (χ2v) is 4.45. The molecule has 1 amide bonds. The van der Waals surface area contributed by atoms with Crippen LogP contribution in [0.15, 0.2) is 12.3 Å². The summed E-state index contributed by atoms with van der Waals surface area (Å²) in [7, 11) is 0. The Kier molecular flexibility index (Phi) is 3.49. The number of rotatable bonds is 4. The van der Waals surface area contributed by atoms with Gasteiger partial charge in [0, 0.05) is 18.8 Å². The van der Waals surface area contributed by atoms with Crippen molar-refractivity contribution in [2.75, 3.05) is 18.9 Å². The molecule has 5 nitrogen and oxygen atoms in total. The molecule has 1 aromatic heterocycles. The van der Waals surface area contributed by atoms with E-state index in [0.717, 1.165) is 12.8 Å². The zero-order valence-corrected chi connectivity index (χ0v) is 10.0. The molecule has 0 saturated heterocycles. The van der Waals surface area contributed by atoms with Gasteiger partial charge in [-0.05, 0) is 18.9 Å². The molecule has 2 rings (SSSR count). The number of carbonyl (C=O) groups excluding carboxylic acids is 1. The Labute approximate surface area is 104 Å². The lowest BCUT2D eigenvalue weighted by atomic mass is 10.2. The summed E-state index contributed by atoms with van der Waals surface area (Å²) in [6, 6.07) is 1.69. The van der Waals surface area contributed by atoms with Crippen LogP contribution in [-0.2, 0) is 0 Å². The van der Waals surface area contributed by atoms with E-state index >= 15 is 0 Å². The number of aliphatic hydroxyl groups excluding tert-OH is 1. The Morgan fingerprint density at radius 3 is 2.94 bits per heavy atom. The predicted octanol–water partition coefficient (Wildman–Crippen LogP) is 0.914. The molecule has 1 aromatic rings. The lowest BCUT2D eigenvalue weighted by Crippen LogP contribution is -2.35. The largest absolute Gasteiger partial charge is 0.395 e. The quantitative estimate of drug-likeness (QED) is 0.838. The number of halogens is 1. The van der Waals surface area contributed by atoms with Crippen molar-refractivity contribution in [3.63, 3.8) is 0 Å². The highest BCUT2D eigenvalue weighted by Crippen LogP contribution is 2.29. The Balaban J connectivity index is 2.24. The first kappa shape index (κ1) is 12.1. The van der Waals surface area contributed by atoms with Crippen molar-refractivity contribution in [1.82, 2.24) is 9.88 Å². The SMILES string of the molecule is Nc1cc(C(=O)N(CCO)C2CC2)c(Cl)cn1. The molecule has 92 valence electrons. The highest BCUT2D eigenvalue weighted by molar-refractivity contribution is 6.33. The van der Waals surface area contributed by atoms with Crippen LogP contribution in [-0.4, -0.2) is 40.1 Å². The fourth-order valence-corrected chi connectivity index (χ4v) is 1.90. The number of nitrogen functional groups attached to an aromatic ring is 1. The third kappa shape index (κ3) is 2.68. The maximum absolute atomic E-state index is 12.2. The van der Waals surface area contributed by atoms with Gasteiger partial charge in [0.2, 0.25) is 0 Å². The number of carbonyl (C=O) groups is 1. The van der Waals surface area contributed by atoms with Crippen molar-refractivity contribution < 1.29 is 9.90 Å². The van der Waals surface area contributed by atoms with Crippen LogP contribution < -0.4 is 5.73 Å². The predicted molar refractivity (Wildman–Crippen MR) is 64.8 cm³/mol. The lowest BCUT2D eigenvalue weighted by Gasteiger charge is -2.21. The number of aliphatic hydroxyl groups is 1. The van der Waals surface area contributed by atoms with Gasteiger partial charge in [0.05, 0.1) is 17.2 Å². The summed E-state index contributed by atoms with van der Waals surface area (Å²) in [5.41, 5.74) is 5.89. The normalized spacial score (nSPS) is 14.7. The maximum Gasteiger partial charge on any atom is 0.255 e. The molecule has 0 spiro atoms. The number of hydrogen-bond acceptors (Lipinski definition) is 4. The maximum atomic E-state index is 12.2. The van der Waals surface area contributed by atoms with Gasteiger partial charge in [0.15, 0.2) is 0 Å². The first-order valence-electron chi connectivity index (χ1n) is 5.46. The van der Waals surface area contributed by atoms with Crippen molar-refractivity contribution in [3.05, 3.63) is 22.8 Å². The minimum absolute atomic E-state index is 0.0551. The van der Waals surface area contributed by atoms with Gasteiger partial charge in [0.1, 0.15) is 5.82 Å². The summed E-state index contributed by atoms with van der Waals surface area (Å²) in [6.45, 7) is 0.266. The molecule has 1 saturated carbocycles. The molecule has 0 bridgehead atoms. The number of anilines is 1. The second kappa shape index (κ2) is 4.89. The van der Waals surface area contributed by atoms with Gasteiger partial charge in [-0.15, -0.1) is 0 Å². The van der Waals surface area contributed by atoms with Crippen molar-refractivity contribution in [2.24, 2.45) is 0 Å². The molecule has 0 unspecified atom stereocenters. The summed E-state index contributed by atoms with van der Waals surface area (Å²) in [6.07, 6.45) is 3.32. The van der Waals surface area contributed by atoms with Gasteiger partial charge in [-0.1, -0.05) is 11.6 Å². The first-order valence-corrected chi connectivity index (χ1v) is 5.84. The molecule has 0 aromatic carbocycles. The summed E-state index contributed by atoms with van der Waals surface area (Å²) < 4.78 is 0. The smallest absolute Gasteiger partial charge is 0.255 e. The Bertz CT molecular complexity index is 435. The van der Waals surface area contributed by atoms with Gasteiger partial charge in [-0.3, -0.25) is 4.79 Å². The van der Waals surface area contributed by atoms with Crippen molar-refractivity contribution in [3.8, 4) is 0 Å². The van der Waals surface area contributed by atoms with Gasteiger partial charge >= 0.3 is 0 Å². The molecule has 1 heterocycles. The van der Waals surface area contributed by atoms with E-state index < -0.39 is 0 Å². The Morgan fingerprint density at radius 1 is 1.65 bits per heavy atom. The minimum atomic E-state index is -0.194. The second-order valence-electron chi connectivity index (χ2n) is 4.04. The van der Waals surface area contributed by atoms with Gasteiger partial charge in [0.25, 0.3) is 5.91 Å². The third-order valence-electron chi connectivity index (χ3n) is 2.70. The molecular weight excluding hydrogens is 242 g/mol. The summed E-state index contributed by atoms with van der Waals surface area (Å²) in [4.78, 5) is 17.7. The van der Waals surface area contributed by atoms with Gasteiger partial charge < -0.3 is 15.7 Å². The van der Waals surface area contributed by atoms with Crippen molar-refractivity contribution in [2.45, 2.75) is 18.9 Å². The van der Waals surface area contributed by atoms with E-state index in [2.05, 4.69) is 4.98 Å².